The molecule has 6 nitrogen and oxygen atoms in total. The Morgan fingerprint density at radius 3 is 2.30 bits per heavy atom. The number of amides is 2. The maximum atomic E-state index is 14.8. The first-order valence-corrected chi connectivity index (χ1v) is 12.2. The van der Waals surface area contributed by atoms with E-state index in [1.54, 1.807) is 30.3 Å². The lowest BCUT2D eigenvalue weighted by Gasteiger charge is -2.43. The number of benzene rings is 3. The fourth-order valence-electron chi connectivity index (χ4n) is 5.90. The van der Waals surface area contributed by atoms with Crippen molar-refractivity contribution in [3.05, 3.63) is 107 Å². The lowest BCUT2D eigenvalue weighted by Crippen LogP contribution is -2.48. The van der Waals surface area contributed by atoms with E-state index in [9.17, 15) is 14.7 Å². The van der Waals surface area contributed by atoms with Crippen LogP contribution in [-0.2, 0) is 15.0 Å². The average molecular weight is 516 g/mol. The van der Waals surface area contributed by atoms with Crippen LogP contribution in [0.15, 0.2) is 91.0 Å². The van der Waals surface area contributed by atoms with E-state index in [-0.39, 0.29) is 17.6 Å². The summed E-state index contributed by atoms with van der Waals surface area (Å²) < 4.78 is 11.4. The van der Waals surface area contributed by atoms with Gasteiger partial charge in [0.15, 0.2) is 0 Å². The van der Waals surface area contributed by atoms with Gasteiger partial charge in [-0.15, -0.1) is 0 Å². The Hall–Kier alpha value is -4.03. The Kier molecular flexibility index (Phi) is 6.30. The maximum Gasteiger partial charge on any atom is 0.246 e. The number of ether oxygens (including phenoxy) is 2. The van der Waals surface area contributed by atoms with Crippen molar-refractivity contribution in [1.82, 2.24) is 0 Å². The number of rotatable bonds is 6. The minimum Gasteiger partial charge on any atom is -0.508 e. The van der Waals surface area contributed by atoms with Gasteiger partial charge in [-0.05, 0) is 35.8 Å². The third kappa shape index (κ3) is 3.63. The highest BCUT2D eigenvalue weighted by Crippen LogP contribution is 2.61. The number of methoxy groups -OCH3 is 2. The molecule has 0 bridgehead atoms. The summed E-state index contributed by atoms with van der Waals surface area (Å²) in [7, 11) is 2.98. The lowest BCUT2D eigenvalue weighted by atomic mass is 9.55. The van der Waals surface area contributed by atoms with Gasteiger partial charge in [-0.1, -0.05) is 66.7 Å². The molecule has 37 heavy (non-hydrogen) atoms. The van der Waals surface area contributed by atoms with Crippen LogP contribution >= 0.6 is 11.6 Å². The number of carbonyl (C=O) groups excluding carboxylic acids is 2. The number of halogens is 1. The van der Waals surface area contributed by atoms with Crippen LogP contribution in [0.5, 0.6) is 17.2 Å². The molecule has 1 aliphatic carbocycles. The summed E-state index contributed by atoms with van der Waals surface area (Å²) >= 11 is 6.26. The van der Waals surface area contributed by atoms with E-state index >= 15 is 0 Å². The van der Waals surface area contributed by atoms with E-state index in [0.717, 1.165) is 5.57 Å². The zero-order valence-corrected chi connectivity index (χ0v) is 21.2. The van der Waals surface area contributed by atoms with Crippen LogP contribution < -0.4 is 14.4 Å². The molecule has 0 aromatic heterocycles. The normalized spacial score (nSPS) is 22.9. The fourth-order valence-corrected chi connectivity index (χ4v) is 6.09. The number of fused-ring (bicyclic) bond motifs is 1. The number of hydrogen-bond donors (Lipinski definition) is 1. The van der Waals surface area contributed by atoms with Gasteiger partial charge in [-0.2, -0.15) is 0 Å². The number of nitrogens with zero attached hydrogens (tertiary/aromatic N) is 1. The number of imide groups is 1. The van der Waals surface area contributed by atoms with Crippen LogP contribution in [0.25, 0.3) is 0 Å². The van der Waals surface area contributed by atoms with Gasteiger partial charge in [0.2, 0.25) is 11.8 Å². The molecule has 2 amide bonds. The standard InChI is InChI=1S/C30H26ClNO5/c1-4-18-13-14-23-28(34)32(21-12-8-11-20(31)15-21)29(35)30(23,19-9-6-5-7-10-19)27(18)26-24(36-2)16-22(33)17-25(26)37-3/h4-13,15-17,23,27,33H,1,14H2,2-3H3. The molecule has 0 saturated carbocycles. The minimum absolute atomic E-state index is 0.0444. The second-order valence-corrected chi connectivity index (χ2v) is 9.52. The van der Waals surface area contributed by atoms with Crippen molar-refractivity contribution in [3.63, 3.8) is 0 Å². The van der Waals surface area contributed by atoms with Crippen molar-refractivity contribution in [3.8, 4) is 17.2 Å². The molecule has 188 valence electrons. The zero-order valence-electron chi connectivity index (χ0n) is 20.5. The summed E-state index contributed by atoms with van der Waals surface area (Å²) in [6, 6.07) is 19.0. The predicted molar refractivity (Wildman–Crippen MR) is 142 cm³/mol. The fraction of sp³-hybridized carbons (Fsp3) is 0.200. The number of carbonyl (C=O) groups is 2. The second kappa shape index (κ2) is 9.45. The molecule has 0 radical (unpaired) electrons. The van der Waals surface area contributed by atoms with Gasteiger partial charge < -0.3 is 14.6 Å². The third-order valence-corrected chi connectivity index (χ3v) is 7.61. The number of hydrogen-bond acceptors (Lipinski definition) is 5. The van der Waals surface area contributed by atoms with Crippen molar-refractivity contribution in [2.24, 2.45) is 5.92 Å². The van der Waals surface area contributed by atoms with E-state index in [1.165, 1.54) is 31.3 Å². The third-order valence-electron chi connectivity index (χ3n) is 7.37. The SMILES string of the molecule is C=CC1=CCC2C(=O)N(c3cccc(Cl)c3)C(=O)C2(c2ccccc2)C1c1c(OC)cc(O)cc1OC. The molecule has 3 unspecified atom stereocenters. The van der Waals surface area contributed by atoms with Gasteiger partial charge >= 0.3 is 0 Å². The smallest absolute Gasteiger partial charge is 0.246 e. The summed E-state index contributed by atoms with van der Waals surface area (Å²) in [5.41, 5.74) is 1.08. The first kappa shape index (κ1) is 24.7. The number of allylic oxidation sites excluding steroid dienone is 3. The maximum absolute atomic E-state index is 14.8. The summed E-state index contributed by atoms with van der Waals surface area (Å²) in [6.45, 7) is 4.03. The van der Waals surface area contributed by atoms with Gasteiger partial charge in [0.25, 0.3) is 0 Å². The summed E-state index contributed by atoms with van der Waals surface area (Å²) in [5.74, 6) is -1.45. The molecule has 1 saturated heterocycles. The summed E-state index contributed by atoms with van der Waals surface area (Å²) in [6.07, 6.45) is 4.00. The molecule has 7 heteroatoms. The van der Waals surface area contributed by atoms with Gasteiger partial charge in [-0.3, -0.25) is 9.59 Å². The zero-order chi connectivity index (χ0) is 26.3. The number of anilines is 1. The molecule has 3 atom stereocenters. The molecule has 0 spiro atoms. The van der Waals surface area contributed by atoms with Crippen molar-refractivity contribution in [1.29, 1.82) is 0 Å². The number of phenolic OH excluding ortho intramolecular Hbond substituents is 1. The highest BCUT2D eigenvalue weighted by Gasteiger charge is 2.66. The van der Waals surface area contributed by atoms with Gasteiger partial charge in [0.1, 0.15) is 17.2 Å². The molecule has 1 aliphatic heterocycles. The number of aromatic hydroxyl groups is 1. The van der Waals surface area contributed by atoms with Crippen LogP contribution in [0.3, 0.4) is 0 Å². The van der Waals surface area contributed by atoms with Crippen LogP contribution in [0.2, 0.25) is 5.02 Å². The molecular formula is C30H26ClNO5. The number of phenols is 1. The molecule has 1 N–H and O–H groups in total. The van der Waals surface area contributed by atoms with Crippen LogP contribution in [0, 0.1) is 5.92 Å². The van der Waals surface area contributed by atoms with Gasteiger partial charge in [0.05, 0.1) is 31.2 Å². The predicted octanol–water partition coefficient (Wildman–Crippen LogP) is 5.79. The van der Waals surface area contributed by atoms with Crippen LogP contribution in [0.4, 0.5) is 5.69 Å². The Labute approximate surface area is 220 Å². The van der Waals surface area contributed by atoms with Crippen LogP contribution in [0.1, 0.15) is 23.5 Å². The summed E-state index contributed by atoms with van der Waals surface area (Å²) in [4.78, 5) is 30.1. The van der Waals surface area contributed by atoms with Crippen LogP contribution in [-0.4, -0.2) is 31.1 Å². The lowest BCUT2D eigenvalue weighted by molar-refractivity contribution is -0.123. The molecule has 3 aromatic rings. The second-order valence-electron chi connectivity index (χ2n) is 9.09. The van der Waals surface area contributed by atoms with Crippen molar-refractivity contribution < 1.29 is 24.2 Å². The molecule has 1 fully saturated rings. The first-order chi connectivity index (χ1) is 17.9. The minimum atomic E-state index is -1.34. The Balaban J connectivity index is 1.87. The largest absolute Gasteiger partial charge is 0.508 e. The highest BCUT2D eigenvalue weighted by molar-refractivity contribution is 6.32. The molecule has 2 aliphatic rings. The van der Waals surface area contributed by atoms with E-state index in [1.807, 2.05) is 36.4 Å². The Morgan fingerprint density at radius 1 is 1.03 bits per heavy atom. The monoisotopic (exact) mass is 515 g/mol. The van der Waals surface area contributed by atoms with Crippen molar-refractivity contribution in [2.45, 2.75) is 17.8 Å². The van der Waals surface area contributed by atoms with Crippen molar-refractivity contribution in [2.75, 3.05) is 19.1 Å². The molecule has 1 heterocycles. The average Bonchev–Trinajstić information content (AvgIpc) is 3.15. The van der Waals surface area contributed by atoms with E-state index in [4.69, 9.17) is 21.1 Å². The van der Waals surface area contributed by atoms with Gasteiger partial charge in [0, 0.05) is 28.6 Å². The first-order valence-electron chi connectivity index (χ1n) is 11.8. The molecule has 3 aromatic carbocycles. The van der Waals surface area contributed by atoms with E-state index in [2.05, 4.69) is 6.58 Å². The van der Waals surface area contributed by atoms with Gasteiger partial charge in [-0.25, -0.2) is 4.90 Å². The Morgan fingerprint density at radius 2 is 1.70 bits per heavy atom. The quantitative estimate of drug-likeness (QED) is 0.420. The van der Waals surface area contributed by atoms with E-state index < -0.39 is 17.3 Å². The van der Waals surface area contributed by atoms with Crippen molar-refractivity contribution >= 4 is 29.1 Å². The molecular weight excluding hydrogens is 490 g/mol. The Bertz CT molecular complexity index is 1410. The van der Waals surface area contributed by atoms with E-state index in [0.29, 0.717) is 39.8 Å². The topological polar surface area (TPSA) is 76.1 Å². The molecule has 5 rings (SSSR count). The highest BCUT2D eigenvalue weighted by atomic mass is 35.5. The summed E-state index contributed by atoms with van der Waals surface area (Å²) in [5, 5.41) is 10.8.